The fourth-order valence-electron chi connectivity index (χ4n) is 2.20. The molecule has 0 bridgehead atoms. The lowest BCUT2D eigenvalue weighted by molar-refractivity contribution is -0.267. The molecule has 1 heterocycles. The van der Waals surface area contributed by atoms with Crippen LogP contribution in [0.4, 0.5) is 0 Å². The number of rotatable bonds is 5. The molecule has 136 valence electrons. The van der Waals surface area contributed by atoms with Crippen molar-refractivity contribution in [1.29, 1.82) is 0 Å². The molecule has 1 fully saturated rings. The first kappa shape index (κ1) is 19.8. The van der Waals surface area contributed by atoms with Crippen LogP contribution in [0.5, 0.6) is 0 Å². The van der Waals surface area contributed by atoms with Crippen LogP contribution in [-0.2, 0) is 42.9 Å². The Morgan fingerprint density at radius 1 is 0.833 bits per heavy atom. The summed E-state index contributed by atoms with van der Waals surface area (Å²) < 4.78 is 25.5. The van der Waals surface area contributed by atoms with E-state index in [9.17, 15) is 19.2 Å². The van der Waals surface area contributed by atoms with Gasteiger partial charge in [-0.2, -0.15) is 0 Å². The molecular weight excluding hydrogens is 326 g/mol. The van der Waals surface area contributed by atoms with Crippen LogP contribution >= 0.6 is 0 Å². The van der Waals surface area contributed by atoms with E-state index in [1.54, 1.807) is 0 Å². The van der Waals surface area contributed by atoms with Gasteiger partial charge in [0.15, 0.2) is 12.2 Å². The Balaban J connectivity index is 3.08. The lowest BCUT2D eigenvalue weighted by Gasteiger charge is -2.42. The van der Waals surface area contributed by atoms with Crippen molar-refractivity contribution in [3.63, 3.8) is 0 Å². The summed E-state index contributed by atoms with van der Waals surface area (Å²) in [5.41, 5.74) is 5.93. The summed E-state index contributed by atoms with van der Waals surface area (Å²) in [7, 11) is 0. The highest BCUT2D eigenvalue weighted by molar-refractivity contribution is 5.68. The third-order valence-electron chi connectivity index (χ3n) is 3.03. The topological polar surface area (TPSA) is 140 Å². The molecule has 0 amide bonds. The lowest BCUT2D eigenvalue weighted by atomic mass is 9.97. The molecule has 0 radical (unpaired) electrons. The minimum absolute atomic E-state index is 0.310. The summed E-state index contributed by atoms with van der Waals surface area (Å²) in [5.74, 6) is -2.62. The predicted octanol–water partition coefficient (Wildman–Crippen LogP) is -0.972. The quantitative estimate of drug-likeness (QED) is 0.487. The van der Waals surface area contributed by atoms with Crippen LogP contribution in [0.3, 0.4) is 0 Å². The number of hydrogen-bond donors (Lipinski definition) is 1. The van der Waals surface area contributed by atoms with E-state index in [2.05, 4.69) is 0 Å². The van der Waals surface area contributed by atoms with Crippen LogP contribution < -0.4 is 5.73 Å². The molecule has 0 saturated carbocycles. The average Bonchev–Trinajstić information content (AvgIpc) is 2.42. The molecule has 1 aliphatic heterocycles. The highest BCUT2D eigenvalue weighted by Gasteiger charge is 2.50. The van der Waals surface area contributed by atoms with Gasteiger partial charge in [0.2, 0.25) is 6.29 Å². The van der Waals surface area contributed by atoms with Gasteiger partial charge in [0.1, 0.15) is 18.8 Å². The number of carbonyl (C=O) groups is 4. The monoisotopic (exact) mass is 347 g/mol. The number of hydrogen-bond acceptors (Lipinski definition) is 10. The summed E-state index contributed by atoms with van der Waals surface area (Å²) in [6.07, 6.45) is -4.58. The maximum Gasteiger partial charge on any atom is 0.304 e. The van der Waals surface area contributed by atoms with Crippen LogP contribution in [0.2, 0.25) is 0 Å². The van der Waals surface area contributed by atoms with Gasteiger partial charge >= 0.3 is 23.9 Å². The number of carbonyl (C=O) groups excluding carboxylic acids is 4. The highest BCUT2D eigenvalue weighted by Crippen LogP contribution is 2.26. The van der Waals surface area contributed by atoms with Gasteiger partial charge in [-0.3, -0.25) is 19.2 Å². The molecule has 0 aromatic carbocycles. The van der Waals surface area contributed by atoms with Crippen LogP contribution in [0.15, 0.2) is 0 Å². The summed E-state index contributed by atoms with van der Waals surface area (Å²) in [6, 6.07) is -1.10. The molecule has 10 heteroatoms. The normalized spacial score (nSPS) is 29.3. The molecule has 2 N–H and O–H groups in total. The Hall–Kier alpha value is -2.20. The van der Waals surface area contributed by atoms with Gasteiger partial charge in [-0.1, -0.05) is 0 Å². The Morgan fingerprint density at radius 3 is 1.79 bits per heavy atom. The standard InChI is InChI=1S/C14H21NO9/c1-6(16)20-5-10-12(21-7(2)17)13(22-8(3)18)11(15)14(24-10)23-9(4)19/h10-14H,5,15H2,1-4H3/t10-,11-,12+,13+,14+/m0/s1. The Morgan fingerprint density at radius 2 is 1.33 bits per heavy atom. The molecule has 1 aliphatic rings. The van der Waals surface area contributed by atoms with Crippen molar-refractivity contribution in [3.8, 4) is 0 Å². The Labute approximate surface area is 138 Å². The molecule has 1 saturated heterocycles. The second kappa shape index (κ2) is 8.60. The van der Waals surface area contributed by atoms with Gasteiger partial charge in [0, 0.05) is 27.7 Å². The van der Waals surface area contributed by atoms with Gasteiger partial charge < -0.3 is 29.4 Å². The van der Waals surface area contributed by atoms with Crippen LogP contribution in [0.25, 0.3) is 0 Å². The van der Waals surface area contributed by atoms with E-state index in [-0.39, 0.29) is 6.61 Å². The van der Waals surface area contributed by atoms with Gasteiger partial charge in [0.25, 0.3) is 0 Å². The number of ether oxygens (including phenoxy) is 5. The zero-order chi connectivity index (χ0) is 18.4. The largest absolute Gasteiger partial charge is 0.463 e. The van der Waals surface area contributed by atoms with E-state index < -0.39 is 54.5 Å². The third-order valence-corrected chi connectivity index (χ3v) is 3.03. The van der Waals surface area contributed by atoms with Crippen molar-refractivity contribution < 1.29 is 42.9 Å². The summed E-state index contributed by atoms with van der Waals surface area (Å²) in [4.78, 5) is 44.9. The Kier molecular flexibility index (Phi) is 7.11. The fourth-order valence-corrected chi connectivity index (χ4v) is 2.20. The molecular formula is C14H21NO9. The van der Waals surface area contributed by atoms with E-state index in [0.717, 1.165) is 20.8 Å². The maximum absolute atomic E-state index is 11.3. The minimum atomic E-state index is -1.26. The van der Waals surface area contributed by atoms with Crippen molar-refractivity contribution in [2.45, 2.75) is 58.3 Å². The third kappa shape index (κ3) is 5.78. The smallest absolute Gasteiger partial charge is 0.304 e. The minimum Gasteiger partial charge on any atom is -0.463 e. The van der Waals surface area contributed by atoms with Crippen molar-refractivity contribution >= 4 is 23.9 Å². The van der Waals surface area contributed by atoms with Gasteiger partial charge in [0.05, 0.1) is 0 Å². The molecule has 24 heavy (non-hydrogen) atoms. The molecule has 0 aromatic rings. The molecule has 0 spiro atoms. The van der Waals surface area contributed by atoms with Crippen LogP contribution in [0, 0.1) is 0 Å². The molecule has 0 unspecified atom stereocenters. The molecule has 5 atom stereocenters. The van der Waals surface area contributed by atoms with Crippen molar-refractivity contribution in [2.75, 3.05) is 6.61 Å². The van der Waals surface area contributed by atoms with E-state index in [4.69, 9.17) is 29.4 Å². The zero-order valence-corrected chi connectivity index (χ0v) is 13.8. The Bertz CT molecular complexity index is 490. The van der Waals surface area contributed by atoms with Crippen molar-refractivity contribution in [1.82, 2.24) is 0 Å². The first-order valence-electron chi connectivity index (χ1n) is 7.18. The number of esters is 4. The summed E-state index contributed by atoms with van der Waals surface area (Å²) in [6.45, 7) is 4.32. The van der Waals surface area contributed by atoms with Crippen molar-refractivity contribution in [3.05, 3.63) is 0 Å². The molecule has 10 nitrogen and oxygen atoms in total. The second-order valence-corrected chi connectivity index (χ2v) is 5.18. The van der Waals surface area contributed by atoms with Gasteiger partial charge in [-0.15, -0.1) is 0 Å². The van der Waals surface area contributed by atoms with Gasteiger partial charge in [-0.25, -0.2) is 0 Å². The first-order valence-corrected chi connectivity index (χ1v) is 7.18. The van der Waals surface area contributed by atoms with E-state index in [1.807, 2.05) is 0 Å². The van der Waals surface area contributed by atoms with E-state index >= 15 is 0 Å². The summed E-state index contributed by atoms with van der Waals surface area (Å²) >= 11 is 0. The zero-order valence-electron chi connectivity index (χ0n) is 13.8. The maximum atomic E-state index is 11.3. The molecule has 1 rings (SSSR count). The van der Waals surface area contributed by atoms with Crippen molar-refractivity contribution in [2.24, 2.45) is 5.73 Å². The van der Waals surface area contributed by atoms with E-state index in [0.29, 0.717) is 0 Å². The van der Waals surface area contributed by atoms with Crippen LogP contribution in [0.1, 0.15) is 27.7 Å². The SMILES string of the molecule is CC(=O)OC[C@@H]1O[C@@H](OC(C)=O)[C@@H](N)[C@@H](OC(C)=O)[C@@H]1OC(C)=O. The number of nitrogens with two attached hydrogens (primary N) is 1. The van der Waals surface area contributed by atoms with E-state index in [1.165, 1.54) is 6.92 Å². The lowest BCUT2D eigenvalue weighted by Crippen LogP contribution is -2.65. The average molecular weight is 347 g/mol. The molecule has 0 aromatic heterocycles. The summed E-state index contributed by atoms with van der Waals surface area (Å²) in [5, 5.41) is 0. The molecule has 0 aliphatic carbocycles. The first-order chi connectivity index (χ1) is 11.1. The van der Waals surface area contributed by atoms with Crippen LogP contribution in [-0.4, -0.2) is 61.1 Å². The second-order valence-electron chi connectivity index (χ2n) is 5.18. The highest BCUT2D eigenvalue weighted by atomic mass is 16.7. The fraction of sp³-hybridized carbons (Fsp3) is 0.714. The van der Waals surface area contributed by atoms with Gasteiger partial charge in [-0.05, 0) is 0 Å². The predicted molar refractivity (Wildman–Crippen MR) is 76.1 cm³/mol.